The Balaban J connectivity index is 1.66. The fourth-order valence-electron chi connectivity index (χ4n) is 2.71. The summed E-state index contributed by atoms with van der Waals surface area (Å²) in [6.45, 7) is 0.609. The number of nitrogens with zero attached hydrogens (tertiary/aromatic N) is 2. The summed E-state index contributed by atoms with van der Waals surface area (Å²) < 4.78 is 0. The van der Waals surface area contributed by atoms with Crippen LogP contribution >= 0.6 is 11.8 Å². The molecule has 0 spiro atoms. The second-order valence-corrected chi connectivity index (χ2v) is 6.27. The van der Waals surface area contributed by atoms with Crippen molar-refractivity contribution in [3.05, 3.63) is 36.4 Å². The minimum atomic E-state index is -0.447. The maximum Gasteiger partial charge on any atom is 0.240 e. The van der Waals surface area contributed by atoms with Crippen molar-refractivity contribution < 1.29 is 9.59 Å². The van der Waals surface area contributed by atoms with Gasteiger partial charge in [-0.05, 0) is 25.0 Å². The molecular weight excluding hydrogens is 298 g/mol. The number of thioether (sulfide) groups is 1. The van der Waals surface area contributed by atoms with Crippen molar-refractivity contribution in [3.63, 3.8) is 0 Å². The smallest absolute Gasteiger partial charge is 0.240 e. The van der Waals surface area contributed by atoms with Gasteiger partial charge in [-0.25, -0.2) is 4.98 Å². The Morgan fingerprint density at radius 1 is 1.27 bits per heavy atom. The Kier molecular flexibility index (Phi) is 4.29. The Morgan fingerprint density at radius 3 is 2.91 bits per heavy atom. The zero-order valence-electron chi connectivity index (χ0n) is 12.1. The predicted molar refractivity (Wildman–Crippen MR) is 86.4 cm³/mol. The van der Waals surface area contributed by atoms with Crippen molar-refractivity contribution in [2.75, 3.05) is 12.3 Å². The number of para-hydroxylation sites is 1. The van der Waals surface area contributed by atoms with E-state index in [1.54, 1.807) is 4.90 Å². The Bertz CT molecular complexity index is 719. The monoisotopic (exact) mass is 315 g/mol. The van der Waals surface area contributed by atoms with Crippen molar-refractivity contribution in [1.29, 1.82) is 0 Å². The number of nitrogens with two attached hydrogens (primary N) is 1. The molecule has 114 valence electrons. The summed E-state index contributed by atoms with van der Waals surface area (Å²) in [5, 5.41) is 1.88. The number of fused-ring (bicyclic) bond motifs is 1. The van der Waals surface area contributed by atoms with Crippen molar-refractivity contribution in [1.82, 2.24) is 9.88 Å². The molecule has 2 N–H and O–H groups in total. The number of hydrogen-bond donors (Lipinski definition) is 1. The van der Waals surface area contributed by atoms with Gasteiger partial charge in [-0.1, -0.05) is 36.0 Å². The van der Waals surface area contributed by atoms with E-state index < -0.39 is 11.9 Å². The SMILES string of the molecule is NC(=O)[C@@H]1CCCN1C(=O)CSc1ccc2ccccc2n1. The number of pyridine rings is 1. The zero-order chi connectivity index (χ0) is 15.5. The second-order valence-electron chi connectivity index (χ2n) is 5.28. The van der Waals surface area contributed by atoms with Crippen LogP contribution in [-0.4, -0.2) is 40.0 Å². The quantitative estimate of drug-likeness (QED) is 0.873. The summed E-state index contributed by atoms with van der Waals surface area (Å²) in [4.78, 5) is 29.7. The van der Waals surface area contributed by atoms with Crippen LogP contribution in [0.1, 0.15) is 12.8 Å². The molecule has 5 nitrogen and oxygen atoms in total. The highest BCUT2D eigenvalue weighted by Gasteiger charge is 2.32. The van der Waals surface area contributed by atoms with Crippen LogP contribution in [0.3, 0.4) is 0 Å². The maximum atomic E-state index is 12.3. The average molecular weight is 315 g/mol. The standard InChI is InChI=1S/C16H17N3O2S/c17-16(21)13-6-3-9-19(13)15(20)10-22-14-8-7-11-4-1-2-5-12(11)18-14/h1-2,4-5,7-8,13H,3,6,9-10H2,(H2,17,21)/t13-/m0/s1. The number of primary amides is 1. The van der Waals surface area contributed by atoms with E-state index in [0.717, 1.165) is 22.3 Å². The zero-order valence-corrected chi connectivity index (χ0v) is 12.9. The van der Waals surface area contributed by atoms with E-state index in [1.165, 1.54) is 11.8 Å². The van der Waals surface area contributed by atoms with E-state index >= 15 is 0 Å². The van der Waals surface area contributed by atoms with Gasteiger partial charge in [0.2, 0.25) is 11.8 Å². The largest absolute Gasteiger partial charge is 0.368 e. The molecule has 2 aromatic rings. The first-order valence-corrected chi connectivity index (χ1v) is 8.21. The molecule has 1 fully saturated rings. The third-order valence-corrected chi connectivity index (χ3v) is 4.73. The molecule has 0 radical (unpaired) electrons. The van der Waals surface area contributed by atoms with Crippen molar-refractivity contribution >= 4 is 34.5 Å². The Hall–Kier alpha value is -2.08. The van der Waals surface area contributed by atoms with Gasteiger partial charge in [0.15, 0.2) is 0 Å². The number of benzene rings is 1. The van der Waals surface area contributed by atoms with Crippen LogP contribution in [0.25, 0.3) is 10.9 Å². The third-order valence-electron chi connectivity index (χ3n) is 3.82. The number of aromatic nitrogens is 1. The minimum absolute atomic E-state index is 0.0544. The summed E-state index contributed by atoms with van der Waals surface area (Å²) in [6.07, 6.45) is 1.50. The molecule has 0 unspecified atom stereocenters. The lowest BCUT2D eigenvalue weighted by Crippen LogP contribution is -2.44. The molecule has 1 saturated heterocycles. The Morgan fingerprint density at radius 2 is 2.09 bits per heavy atom. The molecule has 0 saturated carbocycles. The normalized spacial score (nSPS) is 17.8. The van der Waals surface area contributed by atoms with E-state index in [0.29, 0.717) is 13.0 Å². The van der Waals surface area contributed by atoms with Crippen LogP contribution in [0.5, 0.6) is 0 Å². The molecule has 2 heterocycles. The number of hydrogen-bond acceptors (Lipinski definition) is 4. The van der Waals surface area contributed by atoms with Gasteiger partial charge in [-0.2, -0.15) is 0 Å². The number of carbonyl (C=O) groups is 2. The van der Waals surface area contributed by atoms with Gasteiger partial charge in [-0.3, -0.25) is 9.59 Å². The topological polar surface area (TPSA) is 76.3 Å². The van der Waals surface area contributed by atoms with E-state index in [1.807, 2.05) is 36.4 Å². The average Bonchev–Trinajstić information content (AvgIpc) is 3.02. The Labute approximate surface area is 132 Å². The lowest BCUT2D eigenvalue weighted by atomic mass is 10.2. The highest BCUT2D eigenvalue weighted by molar-refractivity contribution is 7.99. The predicted octanol–water partition coefficient (Wildman–Crippen LogP) is 1.80. The van der Waals surface area contributed by atoms with Crippen LogP contribution in [0.4, 0.5) is 0 Å². The van der Waals surface area contributed by atoms with Crippen molar-refractivity contribution in [3.8, 4) is 0 Å². The lowest BCUT2D eigenvalue weighted by molar-refractivity contribution is -0.135. The number of rotatable bonds is 4. The first-order chi connectivity index (χ1) is 10.6. The summed E-state index contributed by atoms with van der Waals surface area (Å²) in [7, 11) is 0. The molecule has 22 heavy (non-hydrogen) atoms. The molecule has 1 aromatic heterocycles. The van der Waals surface area contributed by atoms with Gasteiger partial charge in [0.05, 0.1) is 16.3 Å². The minimum Gasteiger partial charge on any atom is -0.368 e. The van der Waals surface area contributed by atoms with Crippen molar-refractivity contribution in [2.45, 2.75) is 23.9 Å². The third kappa shape index (κ3) is 3.06. The highest BCUT2D eigenvalue weighted by Crippen LogP contribution is 2.23. The molecule has 2 amide bonds. The van der Waals surface area contributed by atoms with Gasteiger partial charge in [-0.15, -0.1) is 0 Å². The molecule has 1 aromatic carbocycles. The van der Waals surface area contributed by atoms with Crippen LogP contribution in [-0.2, 0) is 9.59 Å². The van der Waals surface area contributed by atoms with E-state index in [9.17, 15) is 9.59 Å². The first kappa shape index (κ1) is 14.8. The highest BCUT2D eigenvalue weighted by atomic mass is 32.2. The fraction of sp³-hybridized carbons (Fsp3) is 0.312. The number of amides is 2. The van der Waals surface area contributed by atoms with Crippen LogP contribution < -0.4 is 5.73 Å². The molecule has 1 aliphatic rings. The van der Waals surface area contributed by atoms with E-state index in [2.05, 4.69) is 4.98 Å². The van der Waals surface area contributed by atoms with Gasteiger partial charge in [0.1, 0.15) is 6.04 Å². The molecule has 3 rings (SSSR count). The summed E-state index contributed by atoms with van der Waals surface area (Å²) in [6, 6.07) is 11.3. The maximum absolute atomic E-state index is 12.3. The van der Waals surface area contributed by atoms with Gasteiger partial charge >= 0.3 is 0 Å². The molecule has 1 atom stereocenters. The number of likely N-dealkylation sites (tertiary alicyclic amines) is 1. The van der Waals surface area contributed by atoms with Crippen molar-refractivity contribution in [2.24, 2.45) is 5.73 Å². The van der Waals surface area contributed by atoms with E-state index in [4.69, 9.17) is 5.73 Å². The summed E-state index contributed by atoms with van der Waals surface area (Å²) >= 11 is 1.39. The summed E-state index contributed by atoms with van der Waals surface area (Å²) in [5.41, 5.74) is 6.26. The number of carbonyl (C=O) groups excluding carboxylic acids is 2. The van der Waals surface area contributed by atoms with Gasteiger partial charge in [0.25, 0.3) is 0 Å². The molecule has 0 bridgehead atoms. The second kappa shape index (κ2) is 6.36. The van der Waals surface area contributed by atoms with Crippen LogP contribution in [0.15, 0.2) is 41.4 Å². The molecule has 6 heteroatoms. The van der Waals surface area contributed by atoms with E-state index in [-0.39, 0.29) is 11.7 Å². The molecule has 0 aliphatic carbocycles. The summed E-state index contributed by atoms with van der Waals surface area (Å²) in [5.74, 6) is -0.198. The fourth-order valence-corrected chi connectivity index (χ4v) is 3.47. The lowest BCUT2D eigenvalue weighted by Gasteiger charge is -2.21. The molecular formula is C16H17N3O2S. The van der Waals surface area contributed by atoms with Crippen LogP contribution in [0, 0.1) is 0 Å². The first-order valence-electron chi connectivity index (χ1n) is 7.22. The van der Waals surface area contributed by atoms with Gasteiger partial charge in [0, 0.05) is 11.9 Å². The van der Waals surface area contributed by atoms with Crippen LogP contribution in [0.2, 0.25) is 0 Å². The van der Waals surface area contributed by atoms with Gasteiger partial charge < -0.3 is 10.6 Å². The molecule has 1 aliphatic heterocycles.